The van der Waals surface area contributed by atoms with Gasteiger partial charge in [0.15, 0.2) is 0 Å². The highest BCUT2D eigenvalue weighted by atomic mass is 28.4. The van der Waals surface area contributed by atoms with Crippen molar-refractivity contribution in [3.63, 3.8) is 0 Å². The number of hydrogen-bond donors (Lipinski definition) is 0. The smallest absolute Gasteiger partial charge is 0.401 e. The Hall–Kier alpha value is -2.41. The van der Waals surface area contributed by atoms with Crippen LogP contribution in [0.15, 0.2) is 42.1 Å². The summed E-state index contributed by atoms with van der Waals surface area (Å²) in [6.45, 7) is 13.2. The van der Waals surface area contributed by atoms with Gasteiger partial charge < -0.3 is 19.0 Å². The maximum Gasteiger partial charge on any atom is 0.401 e. The highest BCUT2D eigenvalue weighted by Crippen LogP contribution is 2.45. The first-order chi connectivity index (χ1) is 15.4. The Bertz CT molecular complexity index is 915. The minimum Gasteiger partial charge on any atom is -0.502 e. The number of amides is 1. The van der Waals surface area contributed by atoms with E-state index in [-0.39, 0.29) is 18.2 Å². The number of nitrogens with zero attached hydrogens (tertiary/aromatic N) is 3. The standard InChI is InChI=1S/C26H41N3O3Si/c1-17(2)33(18(3)4,19(5)6)32-26(30)29-22-13-11-20(27(7)8)15-24(22)31-25-16-21(28(9)10)12-14-23(25)29/h11-19,22,24H,1-10H3. The number of anilines is 2. The molecule has 0 bridgehead atoms. The molecule has 182 valence electrons. The molecule has 6 nitrogen and oxygen atoms in total. The molecule has 0 fully saturated rings. The Morgan fingerprint density at radius 1 is 1.00 bits per heavy atom. The van der Waals surface area contributed by atoms with Gasteiger partial charge in [-0.15, -0.1) is 0 Å². The molecule has 2 atom stereocenters. The zero-order chi connectivity index (χ0) is 24.7. The molecule has 2 unspecified atom stereocenters. The molecule has 1 aliphatic carbocycles. The van der Waals surface area contributed by atoms with E-state index in [9.17, 15) is 4.79 Å². The quantitative estimate of drug-likeness (QED) is 0.475. The molecule has 1 aromatic carbocycles. The normalized spacial score (nSPS) is 19.8. The number of hydrogen-bond acceptors (Lipinski definition) is 5. The van der Waals surface area contributed by atoms with Gasteiger partial charge in [0.05, 0.1) is 11.7 Å². The number of likely N-dealkylation sites (N-methyl/N-ethyl adjacent to an activating group) is 1. The van der Waals surface area contributed by atoms with E-state index in [1.807, 2.05) is 56.2 Å². The van der Waals surface area contributed by atoms with Crippen molar-refractivity contribution in [1.29, 1.82) is 0 Å². The van der Waals surface area contributed by atoms with E-state index in [0.717, 1.165) is 17.1 Å². The minimum atomic E-state index is -2.40. The molecule has 1 heterocycles. The lowest BCUT2D eigenvalue weighted by molar-refractivity contribution is 0.175. The largest absolute Gasteiger partial charge is 0.502 e. The van der Waals surface area contributed by atoms with Crippen LogP contribution in [0.25, 0.3) is 0 Å². The van der Waals surface area contributed by atoms with Crippen molar-refractivity contribution in [2.75, 3.05) is 38.0 Å². The zero-order valence-corrected chi connectivity index (χ0v) is 22.9. The van der Waals surface area contributed by atoms with Crippen LogP contribution in [-0.4, -0.2) is 59.6 Å². The third-order valence-corrected chi connectivity index (χ3v) is 13.0. The van der Waals surface area contributed by atoms with Crippen molar-refractivity contribution in [3.05, 3.63) is 42.1 Å². The monoisotopic (exact) mass is 471 g/mol. The summed E-state index contributed by atoms with van der Waals surface area (Å²) in [5.41, 5.74) is 3.80. The SMILES string of the molecule is CC(C)[Si](OC(=O)N1c2ccc(N(C)C)cc2OC2C=C(N(C)C)C=CC21)(C(C)C)C(C)C. The molecule has 1 aliphatic heterocycles. The fourth-order valence-corrected chi connectivity index (χ4v) is 10.5. The fraction of sp³-hybridized carbons (Fsp3) is 0.577. The van der Waals surface area contributed by atoms with Crippen molar-refractivity contribution in [1.82, 2.24) is 4.90 Å². The lowest BCUT2D eigenvalue weighted by Crippen LogP contribution is -2.57. The first-order valence-electron chi connectivity index (χ1n) is 12.0. The number of benzene rings is 1. The summed E-state index contributed by atoms with van der Waals surface area (Å²) >= 11 is 0. The summed E-state index contributed by atoms with van der Waals surface area (Å²) in [6, 6.07) is 5.75. The van der Waals surface area contributed by atoms with Crippen LogP contribution in [0.1, 0.15) is 41.5 Å². The van der Waals surface area contributed by atoms with E-state index in [2.05, 4.69) is 64.7 Å². The summed E-state index contributed by atoms with van der Waals surface area (Å²) in [7, 11) is 5.62. The number of carbonyl (C=O) groups excluding carboxylic acids is 1. The maximum absolute atomic E-state index is 14.0. The summed E-state index contributed by atoms with van der Waals surface area (Å²) in [4.78, 5) is 19.9. The second-order valence-corrected chi connectivity index (χ2v) is 15.9. The second kappa shape index (κ2) is 9.45. The van der Waals surface area contributed by atoms with E-state index in [1.54, 1.807) is 0 Å². The van der Waals surface area contributed by atoms with Gasteiger partial charge in [0.2, 0.25) is 0 Å². The molecule has 0 saturated carbocycles. The molecule has 1 aromatic rings. The van der Waals surface area contributed by atoms with E-state index in [4.69, 9.17) is 9.16 Å². The summed E-state index contributed by atoms with van der Waals surface area (Å²) in [6.07, 6.45) is 5.67. The van der Waals surface area contributed by atoms with Gasteiger partial charge in [0.25, 0.3) is 8.32 Å². The summed E-state index contributed by atoms with van der Waals surface area (Å²) in [5, 5.41) is 0. The average molecular weight is 472 g/mol. The molecule has 2 aliphatic rings. The van der Waals surface area contributed by atoms with Gasteiger partial charge >= 0.3 is 6.09 Å². The second-order valence-electron chi connectivity index (χ2n) is 10.5. The Kier molecular flexibility index (Phi) is 7.22. The number of ether oxygens (including phenoxy) is 1. The van der Waals surface area contributed by atoms with Gasteiger partial charge in [-0.05, 0) is 40.9 Å². The molecule has 0 N–H and O–H groups in total. The maximum atomic E-state index is 14.0. The van der Waals surface area contributed by atoms with Crippen LogP contribution >= 0.6 is 0 Å². The van der Waals surface area contributed by atoms with Gasteiger partial charge in [0, 0.05) is 45.6 Å². The molecule has 0 saturated heterocycles. The van der Waals surface area contributed by atoms with Crippen LogP contribution in [0.4, 0.5) is 16.2 Å². The lowest BCUT2D eigenvalue weighted by atomic mass is 9.98. The van der Waals surface area contributed by atoms with E-state index in [0.29, 0.717) is 22.4 Å². The van der Waals surface area contributed by atoms with Crippen LogP contribution in [0, 0.1) is 0 Å². The van der Waals surface area contributed by atoms with Gasteiger partial charge in [-0.2, -0.15) is 0 Å². The molecule has 3 rings (SSSR count). The van der Waals surface area contributed by atoms with Crippen LogP contribution in [0.5, 0.6) is 5.75 Å². The number of carbonyl (C=O) groups is 1. The highest BCUT2D eigenvalue weighted by molar-refractivity contribution is 6.79. The lowest BCUT2D eigenvalue weighted by Gasteiger charge is -2.46. The number of rotatable bonds is 6. The average Bonchev–Trinajstić information content (AvgIpc) is 2.73. The van der Waals surface area contributed by atoms with Crippen LogP contribution in [0.3, 0.4) is 0 Å². The molecule has 0 aromatic heterocycles. The highest BCUT2D eigenvalue weighted by Gasteiger charge is 2.50. The Morgan fingerprint density at radius 3 is 2.12 bits per heavy atom. The minimum absolute atomic E-state index is 0.253. The van der Waals surface area contributed by atoms with Gasteiger partial charge in [0.1, 0.15) is 11.9 Å². The van der Waals surface area contributed by atoms with Crippen LogP contribution < -0.4 is 14.5 Å². The first kappa shape index (κ1) is 25.2. The van der Waals surface area contributed by atoms with Crippen molar-refractivity contribution in [3.8, 4) is 5.75 Å². The van der Waals surface area contributed by atoms with Gasteiger partial charge in [-0.25, -0.2) is 4.79 Å². The Labute approximate surface area is 201 Å². The Balaban J connectivity index is 2.09. The molecular weight excluding hydrogens is 430 g/mol. The molecule has 33 heavy (non-hydrogen) atoms. The molecular formula is C26H41N3O3Si. The van der Waals surface area contributed by atoms with E-state index in [1.165, 1.54) is 0 Å². The third kappa shape index (κ3) is 4.52. The van der Waals surface area contributed by atoms with Gasteiger partial charge in [-0.1, -0.05) is 47.6 Å². The first-order valence-corrected chi connectivity index (χ1v) is 14.1. The van der Waals surface area contributed by atoms with Crippen molar-refractivity contribution < 1.29 is 14.0 Å². The predicted octanol–water partition coefficient (Wildman–Crippen LogP) is 6.02. The summed E-state index contributed by atoms with van der Waals surface area (Å²) < 4.78 is 13.1. The molecule has 1 amide bonds. The van der Waals surface area contributed by atoms with Crippen LogP contribution in [0.2, 0.25) is 16.6 Å². The van der Waals surface area contributed by atoms with Crippen molar-refractivity contribution in [2.45, 2.75) is 70.3 Å². The molecule has 7 heteroatoms. The van der Waals surface area contributed by atoms with Gasteiger partial charge in [-0.3, -0.25) is 4.90 Å². The number of allylic oxidation sites excluding steroid dienone is 1. The van der Waals surface area contributed by atoms with Crippen LogP contribution in [-0.2, 0) is 4.43 Å². The summed E-state index contributed by atoms with van der Waals surface area (Å²) in [5.74, 6) is 0.704. The van der Waals surface area contributed by atoms with Crippen molar-refractivity contribution in [2.24, 2.45) is 0 Å². The topological polar surface area (TPSA) is 45.3 Å². The molecule has 0 radical (unpaired) electrons. The molecule has 0 spiro atoms. The zero-order valence-electron chi connectivity index (χ0n) is 21.9. The Morgan fingerprint density at radius 2 is 1.61 bits per heavy atom. The number of fused-ring (bicyclic) bond motifs is 2. The van der Waals surface area contributed by atoms with Crippen molar-refractivity contribution >= 4 is 25.8 Å². The third-order valence-electron chi connectivity index (χ3n) is 7.10. The fourth-order valence-electron chi connectivity index (χ4n) is 5.42. The van der Waals surface area contributed by atoms with E-state index >= 15 is 0 Å². The van der Waals surface area contributed by atoms with E-state index < -0.39 is 8.32 Å². The predicted molar refractivity (Wildman–Crippen MR) is 140 cm³/mol.